The zero-order chi connectivity index (χ0) is 14.5. The van der Waals surface area contributed by atoms with Gasteiger partial charge in [-0.05, 0) is 34.1 Å². The van der Waals surface area contributed by atoms with Gasteiger partial charge in [0.1, 0.15) is 0 Å². The zero-order valence-corrected chi connectivity index (χ0v) is 13.2. The standard InChI is InChI=1S/C13H26N2O3S/c1-11(2)8-15(9-12(3,4)18-11)13(7-14)5-6-19(16,17)10-13/h5-10,14H2,1-4H3. The van der Waals surface area contributed by atoms with E-state index in [4.69, 9.17) is 10.5 Å². The third-order valence-electron chi connectivity index (χ3n) is 4.11. The van der Waals surface area contributed by atoms with E-state index < -0.39 is 15.4 Å². The SMILES string of the molecule is CC1(C)CN(C2(CN)CCS(=O)(=O)C2)CC(C)(C)O1. The highest BCUT2D eigenvalue weighted by atomic mass is 32.2. The monoisotopic (exact) mass is 290 g/mol. The Kier molecular flexibility index (Phi) is 3.54. The summed E-state index contributed by atoms with van der Waals surface area (Å²) >= 11 is 0. The molecule has 0 aromatic carbocycles. The van der Waals surface area contributed by atoms with Crippen LogP contribution in [0.2, 0.25) is 0 Å². The van der Waals surface area contributed by atoms with E-state index in [-0.39, 0.29) is 22.7 Å². The van der Waals surface area contributed by atoms with E-state index in [1.54, 1.807) is 0 Å². The van der Waals surface area contributed by atoms with Gasteiger partial charge in [0, 0.05) is 25.2 Å². The van der Waals surface area contributed by atoms with Crippen molar-refractivity contribution in [2.45, 2.75) is 50.9 Å². The minimum atomic E-state index is -2.95. The van der Waals surface area contributed by atoms with Crippen LogP contribution in [0.3, 0.4) is 0 Å². The van der Waals surface area contributed by atoms with Gasteiger partial charge in [-0.15, -0.1) is 0 Å². The number of morpholine rings is 1. The average Bonchev–Trinajstić information content (AvgIpc) is 2.51. The molecule has 5 nitrogen and oxygen atoms in total. The fraction of sp³-hybridized carbons (Fsp3) is 1.00. The molecule has 2 saturated heterocycles. The molecule has 2 rings (SSSR count). The van der Waals surface area contributed by atoms with Gasteiger partial charge < -0.3 is 10.5 Å². The van der Waals surface area contributed by atoms with Crippen molar-refractivity contribution in [3.63, 3.8) is 0 Å². The molecule has 0 aromatic heterocycles. The average molecular weight is 290 g/mol. The molecule has 0 aromatic rings. The molecule has 0 amide bonds. The van der Waals surface area contributed by atoms with Crippen LogP contribution in [0.25, 0.3) is 0 Å². The minimum absolute atomic E-state index is 0.183. The highest BCUT2D eigenvalue weighted by Crippen LogP contribution is 2.36. The number of rotatable bonds is 2. The molecule has 1 unspecified atom stereocenters. The Hall–Kier alpha value is -0.170. The maximum Gasteiger partial charge on any atom is 0.152 e. The molecule has 2 fully saturated rings. The quantitative estimate of drug-likeness (QED) is 0.796. The molecule has 1 atom stereocenters. The fourth-order valence-corrected chi connectivity index (χ4v) is 5.66. The normalized spacial score (nSPS) is 37.3. The second kappa shape index (κ2) is 4.41. The summed E-state index contributed by atoms with van der Waals surface area (Å²) in [6, 6.07) is 0. The van der Waals surface area contributed by atoms with Crippen LogP contribution >= 0.6 is 0 Å². The van der Waals surface area contributed by atoms with Crippen LogP contribution in [0.1, 0.15) is 34.1 Å². The maximum absolute atomic E-state index is 11.9. The first-order valence-electron chi connectivity index (χ1n) is 6.85. The molecule has 2 aliphatic rings. The van der Waals surface area contributed by atoms with Crippen molar-refractivity contribution in [3.05, 3.63) is 0 Å². The lowest BCUT2D eigenvalue weighted by molar-refractivity contribution is -0.196. The molecule has 0 aliphatic carbocycles. The summed E-state index contributed by atoms with van der Waals surface area (Å²) in [6.45, 7) is 10.0. The van der Waals surface area contributed by atoms with Crippen molar-refractivity contribution in [1.29, 1.82) is 0 Å². The Morgan fingerprint density at radius 3 is 2.05 bits per heavy atom. The van der Waals surface area contributed by atoms with E-state index >= 15 is 0 Å². The number of sulfone groups is 1. The van der Waals surface area contributed by atoms with Crippen LogP contribution in [0, 0.1) is 0 Å². The van der Waals surface area contributed by atoms with Gasteiger partial charge in [-0.1, -0.05) is 0 Å². The Morgan fingerprint density at radius 2 is 1.68 bits per heavy atom. The van der Waals surface area contributed by atoms with Crippen LogP contribution < -0.4 is 5.73 Å². The molecule has 112 valence electrons. The Labute approximate surface area is 116 Å². The highest BCUT2D eigenvalue weighted by molar-refractivity contribution is 7.91. The van der Waals surface area contributed by atoms with E-state index in [0.717, 1.165) is 13.1 Å². The number of hydrogen-bond acceptors (Lipinski definition) is 5. The summed E-state index contributed by atoms with van der Waals surface area (Å²) in [5.74, 6) is 0.436. The Bertz CT molecular complexity index is 443. The summed E-state index contributed by atoms with van der Waals surface area (Å²) in [7, 11) is -2.95. The highest BCUT2D eigenvalue weighted by Gasteiger charge is 2.51. The molecule has 19 heavy (non-hydrogen) atoms. The molecule has 0 saturated carbocycles. The predicted molar refractivity (Wildman–Crippen MR) is 75.9 cm³/mol. The van der Waals surface area contributed by atoms with Crippen LogP contribution in [0.5, 0.6) is 0 Å². The summed E-state index contributed by atoms with van der Waals surface area (Å²) in [6.07, 6.45) is 0.637. The van der Waals surface area contributed by atoms with E-state index in [1.165, 1.54) is 0 Å². The molecule has 2 heterocycles. The first-order valence-corrected chi connectivity index (χ1v) is 8.67. The van der Waals surface area contributed by atoms with E-state index in [0.29, 0.717) is 13.0 Å². The largest absolute Gasteiger partial charge is 0.367 e. The van der Waals surface area contributed by atoms with Gasteiger partial charge in [0.25, 0.3) is 0 Å². The second-order valence-electron chi connectivity index (χ2n) is 7.25. The van der Waals surface area contributed by atoms with Gasteiger partial charge in [0.15, 0.2) is 9.84 Å². The van der Waals surface area contributed by atoms with Gasteiger partial charge in [0.05, 0.1) is 22.7 Å². The molecule has 0 radical (unpaired) electrons. The lowest BCUT2D eigenvalue weighted by atomic mass is 9.89. The van der Waals surface area contributed by atoms with Crippen molar-refractivity contribution in [2.24, 2.45) is 5.73 Å². The first kappa shape index (κ1) is 15.2. The Morgan fingerprint density at radius 1 is 1.16 bits per heavy atom. The van der Waals surface area contributed by atoms with Crippen LogP contribution in [0.4, 0.5) is 0 Å². The molecule has 2 N–H and O–H groups in total. The van der Waals surface area contributed by atoms with Crippen molar-refractivity contribution in [3.8, 4) is 0 Å². The van der Waals surface area contributed by atoms with Crippen LogP contribution in [0.15, 0.2) is 0 Å². The zero-order valence-electron chi connectivity index (χ0n) is 12.4. The van der Waals surface area contributed by atoms with Crippen LogP contribution in [-0.4, -0.2) is 61.2 Å². The predicted octanol–water partition coefficient (Wildman–Crippen LogP) is 0.392. The van der Waals surface area contributed by atoms with E-state index in [2.05, 4.69) is 32.6 Å². The number of nitrogens with two attached hydrogens (primary N) is 1. The number of nitrogens with zero attached hydrogens (tertiary/aromatic N) is 1. The Balaban J connectivity index is 2.29. The van der Waals surface area contributed by atoms with Crippen molar-refractivity contribution in [2.75, 3.05) is 31.1 Å². The number of ether oxygens (including phenoxy) is 1. The molecular weight excluding hydrogens is 264 g/mol. The summed E-state index contributed by atoms with van der Waals surface area (Å²) in [5.41, 5.74) is 4.98. The van der Waals surface area contributed by atoms with E-state index in [9.17, 15) is 8.42 Å². The summed E-state index contributed by atoms with van der Waals surface area (Å²) in [5, 5.41) is 0. The van der Waals surface area contributed by atoms with Gasteiger partial charge >= 0.3 is 0 Å². The van der Waals surface area contributed by atoms with Crippen molar-refractivity contribution < 1.29 is 13.2 Å². The fourth-order valence-electron chi connectivity index (χ4n) is 3.56. The second-order valence-corrected chi connectivity index (χ2v) is 9.43. The van der Waals surface area contributed by atoms with Crippen molar-refractivity contribution >= 4 is 9.84 Å². The lowest BCUT2D eigenvalue weighted by Gasteiger charge is -2.53. The molecule has 2 aliphatic heterocycles. The third kappa shape index (κ3) is 3.12. The maximum atomic E-state index is 11.9. The van der Waals surface area contributed by atoms with Gasteiger partial charge in [0.2, 0.25) is 0 Å². The first-order chi connectivity index (χ1) is 8.49. The minimum Gasteiger partial charge on any atom is -0.367 e. The molecular formula is C13H26N2O3S. The lowest BCUT2D eigenvalue weighted by Crippen LogP contribution is -2.66. The molecule has 0 bridgehead atoms. The van der Waals surface area contributed by atoms with Crippen molar-refractivity contribution in [1.82, 2.24) is 4.90 Å². The van der Waals surface area contributed by atoms with Gasteiger partial charge in [-0.3, -0.25) is 4.90 Å². The van der Waals surface area contributed by atoms with Gasteiger partial charge in [-0.25, -0.2) is 8.42 Å². The van der Waals surface area contributed by atoms with Gasteiger partial charge in [-0.2, -0.15) is 0 Å². The number of hydrogen-bond donors (Lipinski definition) is 1. The van der Waals surface area contributed by atoms with E-state index in [1.807, 2.05) is 0 Å². The van der Waals surface area contributed by atoms with Crippen LogP contribution in [-0.2, 0) is 14.6 Å². The topological polar surface area (TPSA) is 72.6 Å². The summed E-state index contributed by atoms with van der Waals surface area (Å²) < 4.78 is 29.8. The summed E-state index contributed by atoms with van der Waals surface area (Å²) in [4.78, 5) is 2.25. The molecule has 0 spiro atoms. The smallest absolute Gasteiger partial charge is 0.152 e. The third-order valence-corrected chi connectivity index (χ3v) is 5.92. The molecule has 6 heteroatoms.